The maximum atomic E-state index is 12.6. The van der Waals surface area contributed by atoms with Gasteiger partial charge in [0.25, 0.3) is 0 Å². The maximum Gasteiger partial charge on any atom is 0.227 e. The summed E-state index contributed by atoms with van der Waals surface area (Å²) in [4.78, 5) is 14.6. The van der Waals surface area contributed by atoms with Gasteiger partial charge in [0.05, 0.1) is 24.3 Å². The van der Waals surface area contributed by atoms with Crippen molar-refractivity contribution in [3.63, 3.8) is 0 Å². The summed E-state index contributed by atoms with van der Waals surface area (Å²) >= 11 is 0. The Morgan fingerprint density at radius 3 is 2.41 bits per heavy atom. The van der Waals surface area contributed by atoms with Gasteiger partial charge >= 0.3 is 0 Å². The predicted molar refractivity (Wildman–Crippen MR) is 86.8 cm³/mol. The van der Waals surface area contributed by atoms with E-state index < -0.39 is 0 Å². The van der Waals surface area contributed by atoms with E-state index >= 15 is 0 Å². The van der Waals surface area contributed by atoms with Crippen LogP contribution in [0, 0.1) is 19.8 Å². The number of aryl methyl sites for hydroxylation is 1. The molecule has 2 heterocycles. The summed E-state index contributed by atoms with van der Waals surface area (Å²) in [5.41, 5.74) is 3.17. The van der Waals surface area contributed by atoms with Gasteiger partial charge in [0.15, 0.2) is 0 Å². The molecule has 22 heavy (non-hydrogen) atoms. The van der Waals surface area contributed by atoms with E-state index in [4.69, 9.17) is 4.74 Å². The van der Waals surface area contributed by atoms with Crippen molar-refractivity contribution in [3.05, 3.63) is 17.0 Å². The molecule has 5 heteroatoms. The summed E-state index contributed by atoms with van der Waals surface area (Å²) in [6, 6.07) is 0. The summed E-state index contributed by atoms with van der Waals surface area (Å²) in [6.07, 6.45) is 0.659. The van der Waals surface area contributed by atoms with Gasteiger partial charge in [-0.3, -0.25) is 9.48 Å². The maximum absolute atomic E-state index is 12.6. The molecular formula is C17H29N3O2. The number of carbonyl (C=O) groups is 1. The van der Waals surface area contributed by atoms with Gasteiger partial charge in [-0.1, -0.05) is 13.8 Å². The van der Waals surface area contributed by atoms with E-state index in [-0.39, 0.29) is 18.1 Å². The smallest absolute Gasteiger partial charge is 0.227 e. The molecule has 1 fully saturated rings. The zero-order chi connectivity index (χ0) is 16.4. The number of hydrogen-bond acceptors (Lipinski definition) is 3. The first-order chi connectivity index (χ1) is 10.3. The van der Waals surface area contributed by atoms with Crippen LogP contribution < -0.4 is 0 Å². The summed E-state index contributed by atoms with van der Waals surface area (Å²) in [5, 5.41) is 4.60. The van der Waals surface area contributed by atoms with Gasteiger partial charge in [0.2, 0.25) is 5.91 Å². The number of carbonyl (C=O) groups excluding carboxylic acids is 1. The first-order valence-corrected chi connectivity index (χ1v) is 8.24. The highest BCUT2D eigenvalue weighted by Crippen LogP contribution is 2.18. The molecule has 1 saturated heterocycles. The lowest BCUT2D eigenvalue weighted by Gasteiger charge is -2.35. The van der Waals surface area contributed by atoms with Gasteiger partial charge in [-0.2, -0.15) is 5.10 Å². The van der Waals surface area contributed by atoms with E-state index in [9.17, 15) is 4.79 Å². The Bertz CT molecular complexity index is 526. The fraction of sp³-hybridized carbons (Fsp3) is 0.765. The Morgan fingerprint density at radius 1 is 1.27 bits per heavy atom. The van der Waals surface area contributed by atoms with Crippen LogP contribution in [0.25, 0.3) is 0 Å². The van der Waals surface area contributed by atoms with E-state index in [2.05, 4.69) is 25.9 Å². The van der Waals surface area contributed by atoms with Crippen LogP contribution >= 0.6 is 0 Å². The van der Waals surface area contributed by atoms with Gasteiger partial charge in [-0.25, -0.2) is 0 Å². The van der Waals surface area contributed by atoms with Crippen molar-refractivity contribution in [2.24, 2.45) is 5.92 Å². The largest absolute Gasteiger partial charge is 0.372 e. The lowest BCUT2D eigenvalue weighted by molar-refractivity contribution is -0.142. The molecule has 0 aromatic carbocycles. The third kappa shape index (κ3) is 3.88. The summed E-state index contributed by atoms with van der Waals surface area (Å²) < 4.78 is 7.74. The van der Waals surface area contributed by atoms with E-state index in [0.29, 0.717) is 25.4 Å². The Hall–Kier alpha value is -1.36. The monoisotopic (exact) mass is 307 g/mol. The molecule has 2 rings (SSSR count). The highest BCUT2D eigenvalue weighted by atomic mass is 16.5. The highest BCUT2D eigenvalue weighted by molar-refractivity contribution is 5.79. The van der Waals surface area contributed by atoms with Crippen molar-refractivity contribution >= 4 is 5.91 Å². The van der Waals surface area contributed by atoms with Crippen molar-refractivity contribution < 1.29 is 9.53 Å². The van der Waals surface area contributed by atoms with Crippen LogP contribution in [0.1, 0.15) is 44.6 Å². The minimum Gasteiger partial charge on any atom is -0.372 e. The molecule has 1 aromatic rings. The lowest BCUT2D eigenvalue weighted by atomic mass is 10.1. The minimum absolute atomic E-state index is 0.110. The van der Waals surface area contributed by atoms with Crippen LogP contribution in [0.4, 0.5) is 0 Å². The quantitative estimate of drug-likeness (QED) is 0.858. The molecule has 1 aromatic heterocycles. The van der Waals surface area contributed by atoms with Gasteiger partial charge < -0.3 is 9.64 Å². The number of ether oxygens (including phenoxy) is 1. The van der Waals surface area contributed by atoms with E-state index in [1.807, 2.05) is 30.4 Å². The Labute approximate surface area is 133 Å². The molecule has 1 amide bonds. The Balaban J connectivity index is 2.10. The third-order valence-corrected chi connectivity index (χ3v) is 4.17. The zero-order valence-corrected chi connectivity index (χ0v) is 14.7. The third-order valence-electron chi connectivity index (χ3n) is 4.17. The molecular weight excluding hydrogens is 278 g/mol. The second-order valence-corrected chi connectivity index (χ2v) is 6.96. The van der Waals surface area contributed by atoms with Gasteiger partial charge in [-0.05, 0) is 33.6 Å². The first kappa shape index (κ1) is 17.0. The molecule has 0 spiro atoms. The summed E-state index contributed by atoms with van der Waals surface area (Å²) in [7, 11) is 0. The van der Waals surface area contributed by atoms with Crippen LogP contribution in [0.3, 0.4) is 0 Å². The molecule has 0 aliphatic carbocycles. The molecule has 0 bridgehead atoms. The van der Waals surface area contributed by atoms with Crippen LogP contribution in [-0.2, 0) is 22.5 Å². The highest BCUT2D eigenvalue weighted by Gasteiger charge is 2.27. The number of amides is 1. The fourth-order valence-electron chi connectivity index (χ4n) is 3.16. The minimum atomic E-state index is 0.110. The number of aromatic nitrogens is 2. The second kappa shape index (κ2) is 6.82. The first-order valence-electron chi connectivity index (χ1n) is 8.24. The van der Waals surface area contributed by atoms with E-state index in [0.717, 1.165) is 23.5 Å². The van der Waals surface area contributed by atoms with Crippen LogP contribution in [0.2, 0.25) is 0 Å². The molecule has 124 valence electrons. The normalized spacial score (nSPS) is 22.4. The molecule has 0 N–H and O–H groups in total. The lowest BCUT2D eigenvalue weighted by Crippen LogP contribution is -2.48. The summed E-state index contributed by atoms with van der Waals surface area (Å²) in [6.45, 7) is 14.7. The Kier molecular flexibility index (Phi) is 5.27. The average molecular weight is 307 g/mol. The van der Waals surface area contributed by atoms with Gasteiger partial charge in [-0.15, -0.1) is 0 Å². The van der Waals surface area contributed by atoms with Crippen LogP contribution in [0.5, 0.6) is 0 Å². The van der Waals surface area contributed by atoms with Crippen LogP contribution in [-0.4, -0.2) is 45.9 Å². The zero-order valence-electron chi connectivity index (χ0n) is 14.7. The molecule has 0 saturated carbocycles. The van der Waals surface area contributed by atoms with Crippen molar-refractivity contribution in [3.8, 4) is 0 Å². The number of morpholine rings is 1. The average Bonchev–Trinajstić information content (AvgIpc) is 2.64. The molecule has 1 aliphatic heterocycles. The molecule has 0 radical (unpaired) electrons. The van der Waals surface area contributed by atoms with Gasteiger partial charge in [0, 0.05) is 30.9 Å². The van der Waals surface area contributed by atoms with E-state index in [1.54, 1.807) is 0 Å². The molecule has 1 aliphatic rings. The van der Waals surface area contributed by atoms with Crippen molar-refractivity contribution in [2.45, 2.75) is 66.7 Å². The number of hydrogen-bond donors (Lipinski definition) is 0. The van der Waals surface area contributed by atoms with Crippen molar-refractivity contribution in [2.75, 3.05) is 13.1 Å². The van der Waals surface area contributed by atoms with Crippen LogP contribution in [0.15, 0.2) is 0 Å². The molecule has 5 nitrogen and oxygen atoms in total. The SMILES string of the molecule is Cc1nn(CC(C)C)c(C)c1CC(=O)N1C[C@@H](C)O[C@H](C)C1. The summed E-state index contributed by atoms with van der Waals surface area (Å²) in [5.74, 6) is 0.722. The standard InChI is InChI=1S/C17H29N3O2/c1-11(2)8-20-15(6)16(14(5)18-20)7-17(21)19-9-12(3)22-13(4)10-19/h11-13H,7-10H2,1-6H3/t12-,13-/m1/s1. The van der Waals surface area contributed by atoms with Crippen molar-refractivity contribution in [1.82, 2.24) is 14.7 Å². The number of nitrogens with zero attached hydrogens (tertiary/aromatic N) is 3. The van der Waals surface area contributed by atoms with Crippen molar-refractivity contribution in [1.29, 1.82) is 0 Å². The fourth-order valence-corrected chi connectivity index (χ4v) is 3.16. The molecule has 2 atom stereocenters. The van der Waals surface area contributed by atoms with E-state index in [1.165, 1.54) is 0 Å². The predicted octanol–water partition coefficient (Wildman–Crippen LogP) is 2.33. The second-order valence-electron chi connectivity index (χ2n) is 6.96. The topological polar surface area (TPSA) is 47.4 Å². The Morgan fingerprint density at radius 2 is 1.86 bits per heavy atom. The number of rotatable bonds is 4. The molecule has 0 unspecified atom stereocenters. The van der Waals surface area contributed by atoms with Gasteiger partial charge in [0.1, 0.15) is 0 Å².